The van der Waals surface area contributed by atoms with E-state index in [1.807, 2.05) is 6.07 Å². The van der Waals surface area contributed by atoms with Gasteiger partial charge in [-0.05, 0) is 36.6 Å². The molecule has 2 heterocycles. The van der Waals surface area contributed by atoms with Crippen LogP contribution in [0.5, 0.6) is 0 Å². The van der Waals surface area contributed by atoms with Crippen molar-refractivity contribution >= 4 is 38.3 Å². The van der Waals surface area contributed by atoms with Gasteiger partial charge >= 0.3 is 0 Å². The van der Waals surface area contributed by atoms with Gasteiger partial charge in [-0.15, -0.1) is 0 Å². The van der Waals surface area contributed by atoms with Crippen LogP contribution in [0.15, 0.2) is 40.5 Å². The summed E-state index contributed by atoms with van der Waals surface area (Å²) >= 11 is 3.51. The SMILES string of the molecule is O=C1Cc2c([nH]c3ccc(Br)cc23)C2=C(CCC=C2)N1. The van der Waals surface area contributed by atoms with E-state index < -0.39 is 0 Å². The minimum Gasteiger partial charge on any atom is -0.354 e. The van der Waals surface area contributed by atoms with Crippen molar-refractivity contribution in [2.45, 2.75) is 19.3 Å². The summed E-state index contributed by atoms with van der Waals surface area (Å²) in [7, 11) is 0. The van der Waals surface area contributed by atoms with Crippen LogP contribution in [-0.2, 0) is 11.2 Å². The number of nitrogens with one attached hydrogen (secondary N) is 2. The molecule has 2 aliphatic rings. The molecule has 1 aromatic heterocycles. The van der Waals surface area contributed by atoms with E-state index in [9.17, 15) is 4.79 Å². The number of hydrogen-bond acceptors (Lipinski definition) is 1. The largest absolute Gasteiger partial charge is 0.354 e. The molecule has 3 nitrogen and oxygen atoms in total. The fourth-order valence-electron chi connectivity index (χ4n) is 3.03. The number of hydrogen-bond donors (Lipinski definition) is 2. The number of carbonyl (C=O) groups is 1. The molecule has 0 spiro atoms. The molecule has 0 bridgehead atoms. The molecular formula is C16H13BrN2O. The third-order valence-corrected chi connectivity index (χ3v) is 4.43. The minimum atomic E-state index is 0.0763. The molecule has 1 amide bonds. The lowest BCUT2D eigenvalue weighted by atomic mass is 9.98. The lowest BCUT2D eigenvalue weighted by molar-refractivity contribution is -0.119. The monoisotopic (exact) mass is 328 g/mol. The molecular weight excluding hydrogens is 316 g/mol. The van der Waals surface area contributed by atoms with E-state index in [0.717, 1.165) is 50.7 Å². The number of benzene rings is 1. The Labute approximate surface area is 124 Å². The van der Waals surface area contributed by atoms with Gasteiger partial charge in [-0.25, -0.2) is 0 Å². The lowest BCUT2D eigenvalue weighted by Gasteiger charge is -2.13. The molecule has 0 fully saturated rings. The van der Waals surface area contributed by atoms with Gasteiger partial charge in [-0.2, -0.15) is 0 Å². The number of halogens is 1. The van der Waals surface area contributed by atoms with E-state index in [4.69, 9.17) is 0 Å². The molecule has 0 unspecified atom stereocenters. The summed E-state index contributed by atoms with van der Waals surface area (Å²) in [5, 5.41) is 4.17. The summed E-state index contributed by atoms with van der Waals surface area (Å²) < 4.78 is 1.03. The van der Waals surface area contributed by atoms with Crippen molar-refractivity contribution in [2.75, 3.05) is 0 Å². The van der Waals surface area contributed by atoms with Crippen LogP contribution in [0.4, 0.5) is 0 Å². The Morgan fingerprint density at radius 3 is 3.05 bits per heavy atom. The predicted octanol–water partition coefficient (Wildman–Crippen LogP) is 3.66. The molecule has 0 atom stereocenters. The zero-order valence-corrected chi connectivity index (χ0v) is 12.4. The van der Waals surface area contributed by atoms with Gasteiger partial charge in [0.15, 0.2) is 0 Å². The van der Waals surface area contributed by atoms with Crippen LogP contribution in [0.3, 0.4) is 0 Å². The molecule has 2 N–H and O–H groups in total. The highest BCUT2D eigenvalue weighted by Crippen LogP contribution is 2.35. The Bertz CT molecular complexity index is 798. The zero-order chi connectivity index (χ0) is 13.7. The van der Waals surface area contributed by atoms with Crippen LogP contribution in [0.1, 0.15) is 24.1 Å². The van der Waals surface area contributed by atoms with Crippen molar-refractivity contribution in [1.29, 1.82) is 0 Å². The molecule has 2 aromatic rings. The second-order valence-corrected chi connectivity index (χ2v) is 6.14. The van der Waals surface area contributed by atoms with Gasteiger partial charge in [0.05, 0.1) is 12.1 Å². The van der Waals surface area contributed by atoms with Crippen molar-refractivity contribution in [1.82, 2.24) is 10.3 Å². The molecule has 100 valence electrons. The van der Waals surface area contributed by atoms with Crippen LogP contribution >= 0.6 is 15.9 Å². The van der Waals surface area contributed by atoms with Crippen molar-refractivity contribution < 1.29 is 4.79 Å². The summed E-state index contributed by atoms with van der Waals surface area (Å²) in [5.41, 5.74) is 5.43. The summed E-state index contributed by atoms with van der Waals surface area (Å²) in [6.45, 7) is 0. The fourth-order valence-corrected chi connectivity index (χ4v) is 3.40. The van der Waals surface area contributed by atoms with E-state index >= 15 is 0 Å². The molecule has 4 heteroatoms. The highest BCUT2D eigenvalue weighted by Gasteiger charge is 2.24. The Morgan fingerprint density at radius 2 is 2.15 bits per heavy atom. The summed E-state index contributed by atoms with van der Waals surface area (Å²) in [6, 6.07) is 6.15. The maximum absolute atomic E-state index is 12.1. The topological polar surface area (TPSA) is 44.9 Å². The molecule has 0 saturated heterocycles. The number of amides is 1. The van der Waals surface area contributed by atoms with Crippen LogP contribution in [0, 0.1) is 0 Å². The van der Waals surface area contributed by atoms with Crippen LogP contribution in [0.2, 0.25) is 0 Å². The lowest BCUT2D eigenvalue weighted by Crippen LogP contribution is -2.23. The quantitative estimate of drug-likeness (QED) is 0.761. The molecule has 1 aliphatic heterocycles. The zero-order valence-electron chi connectivity index (χ0n) is 10.8. The van der Waals surface area contributed by atoms with E-state index in [-0.39, 0.29) is 5.91 Å². The molecule has 4 rings (SSSR count). The van der Waals surface area contributed by atoms with Crippen LogP contribution < -0.4 is 5.32 Å². The van der Waals surface area contributed by atoms with E-state index in [0.29, 0.717) is 6.42 Å². The normalized spacial score (nSPS) is 17.8. The van der Waals surface area contributed by atoms with Crippen LogP contribution in [-0.4, -0.2) is 10.9 Å². The number of carbonyl (C=O) groups excluding carboxylic acids is 1. The highest BCUT2D eigenvalue weighted by atomic mass is 79.9. The van der Waals surface area contributed by atoms with Gasteiger partial charge < -0.3 is 10.3 Å². The fraction of sp³-hybridized carbons (Fsp3) is 0.188. The van der Waals surface area contributed by atoms with Crippen molar-refractivity contribution in [3.8, 4) is 0 Å². The molecule has 1 aliphatic carbocycles. The van der Waals surface area contributed by atoms with Crippen molar-refractivity contribution in [3.63, 3.8) is 0 Å². The molecule has 1 aromatic carbocycles. The average molecular weight is 329 g/mol. The summed E-state index contributed by atoms with van der Waals surface area (Å²) in [4.78, 5) is 15.6. The number of fused-ring (bicyclic) bond motifs is 4. The van der Waals surface area contributed by atoms with E-state index in [1.165, 1.54) is 0 Å². The minimum absolute atomic E-state index is 0.0763. The first-order valence-electron chi connectivity index (χ1n) is 6.72. The maximum atomic E-state index is 12.1. The predicted molar refractivity (Wildman–Crippen MR) is 83.1 cm³/mol. The number of H-pyrrole nitrogens is 1. The molecule has 0 radical (unpaired) electrons. The number of aromatic amines is 1. The third kappa shape index (κ3) is 1.75. The van der Waals surface area contributed by atoms with Gasteiger partial charge in [0.1, 0.15) is 0 Å². The Morgan fingerprint density at radius 1 is 1.25 bits per heavy atom. The standard InChI is InChI=1S/C16H13BrN2O/c17-9-5-6-14-11(7-9)12-8-15(20)18-13-4-2-1-3-10(13)16(12)19-14/h1,3,5-7,19H,2,4,8H2,(H,18,20). The molecule has 0 saturated carbocycles. The average Bonchev–Trinajstić information content (AvgIpc) is 2.70. The first kappa shape index (κ1) is 12.0. The number of allylic oxidation sites excluding steroid dienone is 4. The summed E-state index contributed by atoms with van der Waals surface area (Å²) in [5.74, 6) is 0.0763. The van der Waals surface area contributed by atoms with Crippen molar-refractivity contribution in [2.24, 2.45) is 0 Å². The van der Waals surface area contributed by atoms with E-state index in [2.05, 4.69) is 50.5 Å². The smallest absolute Gasteiger partial charge is 0.228 e. The molecule has 20 heavy (non-hydrogen) atoms. The Balaban J connectivity index is 2.05. The van der Waals surface area contributed by atoms with E-state index in [1.54, 1.807) is 0 Å². The van der Waals surface area contributed by atoms with Gasteiger partial charge in [0.2, 0.25) is 5.91 Å². The maximum Gasteiger partial charge on any atom is 0.228 e. The number of aromatic nitrogens is 1. The Hall–Kier alpha value is -1.81. The van der Waals surface area contributed by atoms with Crippen molar-refractivity contribution in [3.05, 3.63) is 51.8 Å². The highest BCUT2D eigenvalue weighted by molar-refractivity contribution is 9.10. The third-order valence-electron chi connectivity index (χ3n) is 3.94. The van der Waals surface area contributed by atoms with Crippen LogP contribution in [0.25, 0.3) is 16.5 Å². The second kappa shape index (κ2) is 4.35. The van der Waals surface area contributed by atoms with Gasteiger partial charge in [0, 0.05) is 26.6 Å². The van der Waals surface area contributed by atoms with Gasteiger partial charge in [-0.1, -0.05) is 28.1 Å². The first-order valence-corrected chi connectivity index (χ1v) is 7.52. The first-order chi connectivity index (χ1) is 9.72. The summed E-state index contributed by atoms with van der Waals surface area (Å²) in [6.07, 6.45) is 6.60. The van der Waals surface area contributed by atoms with Gasteiger partial charge in [0.25, 0.3) is 0 Å². The second-order valence-electron chi connectivity index (χ2n) is 5.23. The Kier molecular flexibility index (Phi) is 2.60. The van der Waals surface area contributed by atoms with Gasteiger partial charge in [-0.3, -0.25) is 4.79 Å². The number of rotatable bonds is 0.